The molecule has 1 heterocycles. The molecule has 1 aliphatic heterocycles. The fourth-order valence-electron chi connectivity index (χ4n) is 2.48. The lowest BCUT2D eigenvalue weighted by Gasteiger charge is -2.12. The highest BCUT2D eigenvalue weighted by Gasteiger charge is 2.35. The lowest BCUT2D eigenvalue weighted by molar-refractivity contribution is 0.320. The van der Waals surface area contributed by atoms with Crippen LogP contribution in [0.25, 0.3) is 0 Å². The first kappa shape index (κ1) is 6.62. The molecule has 1 saturated heterocycles. The molecule has 1 saturated carbocycles. The highest BCUT2D eigenvalue weighted by atomic mass is 15.2. The Morgan fingerprint density at radius 2 is 1.80 bits per heavy atom. The summed E-state index contributed by atoms with van der Waals surface area (Å²) in [5.74, 6) is 2.01. The van der Waals surface area contributed by atoms with Crippen molar-refractivity contribution >= 4 is 0 Å². The van der Waals surface area contributed by atoms with Crippen molar-refractivity contribution in [1.82, 2.24) is 4.90 Å². The third-order valence-electron chi connectivity index (χ3n) is 3.06. The quantitative estimate of drug-likeness (QED) is 0.579. The maximum absolute atomic E-state index is 5.56. The maximum Gasteiger partial charge on any atom is 0.0455 e. The molecule has 0 aromatic rings. The number of rotatable bonds is 1. The Bertz CT molecular complexity index is 112. The SMILES string of the molecule is NCN1CC2CCCC2C1. The zero-order valence-electron chi connectivity index (χ0n) is 6.42. The average molecular weight is 140 g/mol. The van der Waals surface area contributed by atoms with E-state index in [0.29, 0.717) is 0 Å². The minimum atomic E-state index is 0.771. The fraction of sp³-hybridized carbons (Fsp3) is 1.00. The Morgan fingerprint density at radius 3 is 2.30 bits per heavy atom. The van der Waals surface area contributed by atoms with Crippen LogP contribution < -0.4 is 5.73 Å². The molecule has 0 bridgehead atoms. The average Bonchev–Trinajstić information content (AvgIpc) is 2.42. The Morgan fingerprint density at radius 1 is 1.20 bits per heavy atom. The van der Waals surface area contributed by atoms with Gasteiger partial charge < -0.3 is 5.73 Å². The van der Waals surface area contributed by atoms with Crippen LogP contribution in [-0.4, -0.2) is 24.7 Å². The van der Waals surface area contributed by atoms with Crippen molar-refractivity contribution in [1.29, 1.82) is 0 Å². The van der Waals surface area contributed by atoms with Gasteiger partial charge in [0.15, 0.2) is 0 Å². The number of hydrogen-bond acceptors (Lipinski definition) is 2. The molecule has 0 aromatic carbocycles. The standard InChI is InChI=1S/C8H16N2/c9-6-10-4-7-2-1-3-8(7)5-10/h7-8H,1-6,9H2. The molecule has 2 aliphatic rings. The van der Waals surface area contributed by atoms with E-state index in [2.05, 4.69) is 4.90 Å². The van der Waals surface area contributed by atoms with Gasteiger partial charge in [-0.3, -0.25) is 4.90 Å². The van der Waals surface area contributed by atoms with Gasteiger partial charge in [-0.15, -0.1) is 0 Å². The topological polar surface area (TPSA) is 29.3 Å². The highest BCUT2D eigenvalue weighted by Crippen LogP contribution is 2.37. The van der Waals surface area contributed by atoms with Crippen LogP contribution >= 0.6 is 0 Å². The zero-order chi connectivity index (χ0) is 6.97. The molecule has 2 rings (SSSR count). The Labute approximate surface area is 62.4 Å². The summed E-state index contributed by atoms with van der Waals surface area (Å²) in [4.78, 5) is 2.38. The summed E-state index contributed by atoms with van der Waals surface area (Å²) in [6, 6.07) is 0. The molecule has 2 heteroatoms. The van der Waals surface area contributed by atoms with Crippen molar-refractivity contribution in [3.63, 3.8) is 0 Å². The summed E-state index contributed by atoms with van der Waals surface area (Å²) in [7, 11) is 0. The molecule has 2 nitrogen and oxygen atoms in total. The number of fused-ring (bicyclic) bond motifs is 1. The molecule has 2 fully saturated rings. The molecule has 1 aliphatic carbocycles. The van der Waals surface area contributed by atoms with Gasteiger partial charge in [0.05, 0.1) is 0 Å². The van der Waals surface area contributed by atoms with Crippen molar-refractivity contribution < 1.29 is 0 Å². The minimum absolute atomic E-state index is 0.771. The van der Waals surface area contributed by atoms with Gasteiger partial charge in [-0.2, -0.15) is 0 Å². The van der Waals surface area contributed by atoms with Gasteiger partial charge in [-0.1, -0.05) is 6.42 Å². The van der Waals surface area contributed by atoms with Crippen LogP contribution in [-0.2, 0) is 0 Å². The molecule has 0 spiro atoms. The van der Waals surface area contributed by atoms with Crippen LogP contribution in [0.4, 0.5) is 0 Å². The Hall–Kier alpha value is -0.0800. The molecule has 0 radical (unpaired) electrons. The molecule has 2 atom stereocenters. The van der Waals surface area contributed by atoms with Crippen LogP contribution in [0.2, 0.25) is 0 Å². The maximum atomic E-state index is 5.56. The van der Waals surface area contributed by atoms with Crippen LogP contribution in [0.3, 0.4) is 0 Å². The summed E-state index contributed by atoms with van der Waals surface area (Å²) in [6.45, 7) is 3.33. The van der Waals surface area contributed by atoms with Gasteiger partial charge in [0.25, 0.3) is 0 Å². The minimum Gasteiger partial charge on any atom is -0.318 e. The molecule has 0 amide bonds. The number of nitrogens with two attached hydrogens (primary N) is 1. The number of hydrogen-bond donors (Lipinski definition) is 1. The van der Waals surface area contributed by atoms with E-state index >= 15 is 0 Å². The normalized spacial score (nSPS) is 40.5. The summed E-state index contributed by atoms with van der Waals surface area (Å²) in [5, 5.41) is 0. The van der Waals surface area contributed by atoms with E-state index in [4.69, 9.17) is 5.73 Å². The van der Waals surface area contributed by atoms with Gasteiger partial charge in [0, 0.05) is 19.8 Å². The zero-order valence-corrected chi connectivity index (χ0v) is 6.42. The van der Waals surface area contributed by atoms with Crippen LogP contribution in [0.15, 0.2) is 0 Å². The first-order valence-electron chi connectivity index (χ1n) is 4.32. The Balaban J connectivity index is 1.94. The summed E-state index contributed by atoms with van der Waals surface area (Å²) in [6.07, 6.45) is 4.38. The van der Waals surface area contributed by atoms with E-state index in [0.717, 1.165) is 18.5 Å². The second-order valence-corrected chi connectivity index (χ2v) is 3.67. The molecule has 2 N–H and O–H groups in total. The molecular formula is C8H16N2. The molecular weight excluding hydrogens is 124 g/mol. The largest absolute Gasteiger partial charge is 0.318 e. The highest BCUT2D eigenvalue weighted by molar-refractivity contribution is 4.87. The van der Waals surface area contributed by atoms with Gasteiger partial charge in [0.2, 0.25) is 0 Å². The number of likely N-dealkylation sites (tertiary alicyclic amines) is 1. The summed E-state index contributed by atoms with van der Waals surface area (Å²) in [5.41, 5.74) is 5.56. The first-order chi connectivity index (χ1) is 4.90. The Kier molecular flexibility index (Phi) is 1.66. The molecule has 58 valence electrons. The van der Waals surface area contributed by atoms with E-state index in [1.807, 2.05) is 0 Å². The second-order valence-electron chi connectivity index (χ2n) is 3.67. The van der Waals surface area contributed by atoms with Crippen molar-refractivity contribution in [2.24, 2.45) is 17.6 Å². The predicted octanol–water partition coefficient (Wildman–Crippen LogP) is 0.634. The van der Waals surface area contributed by atoms with E-state index in [9.17, 15) is 0 Å². The number of nitrogens with zero attached hydrogens (tertiary/aromatic N) is 1. The van der Waals surface area contributed by atoms with Crippen LogP contribution in [0.5, 0.6) is 0 Å². The predicted molar refractivity (Wildman–Crippen MR) is 41.5 cm³/mol. The summed E-state index contributed by atoms with van der Waals surface area (Å²) < 4.78 is 0. The molecule has 0 aromatic heterocycles. The molecule has 2 unspecified atom stereocenters. The summed E-state index contributed by atoms with van der Waals surface area (Å²) >= 11 is 0. The third-order valence-corrected chi connectivity index (χ3v) is 3.06. The first-order valence-corrected chi connectivity index (χ1v) is 4.32. The lowest BCUT2D eigenvalue weighted by Crippen LogP contribution is -2.28. The van der Waals surface area contributed by atoms with E-state index in [1.165, 1.54) is 32.4 Å². The van der Waals surface area contributed by atoms with Gasteiger partial charge in [0.1, 0.15) is 0 Å². The van der Waals surface area contributed by atoms with E-state index in [-0.39, 0.29) is 0 Å². The van der Waals surface area contributed by atoms with Crippen molar-refractivity contribution in [3.8, 4) is 0 Å². The van der Waals surface area contributed by atoms with E-state index < -0.39 is 0 Å². The van der Waals surface area contributed by atoms with Gasteiger partial charge in [-0.05, 0) is 24.7 Å². The molecule has 10 heavy (non-hydrogen) atoms. The second kappa shape index (κ2) is 2.51. The van der Waals surface area contributed by atoms with E-state index in [1.54, 1.807) is 0 Å². The van der Waals surface area contributed by atoms with Crippen LogP contribution in [0.1, 0.15) is 19.3 Å². The van der Waals surface area contributed by atoms with Crippen molar-refractivity contribution in [2.75, 3.05) is 19.8 Å². The smallest absolute Gasteiger partial charge is 0.0455 e. The van der Waals surface area contributed by atoms with Crippen molar-refractivity contribution in [2.45, 2.75) is 19.3 Å². The van der Waals surface area contributed by atoms with Gasteiger partial charge >= 0.3 is 0 Å². The fourth-order valence-corrected chi connectivity index (χ4v) is 2.48. The third kappa shape index (κ3) is 0.956. The van der Waals surface area contributed by atoms with Crippen molar-refractivity contribution in [3.05, 3.63) is 0 Å². The van der Waals surface area contributed by atoms with Gasteiger partial charge in [-0.25, -0.2) is 0 Å². The lowest BCUT2D eigenvalue weighted by atomic mass is 10.0. The monoisotopic (exact) mass is 140 g/mol. The van der Waals surface area contributed by atoms with Crippen LogP contribution in [0, 0.1) is 11.8 Å².